The van der Waals surface area contributed by atoms with E-state index >= 15 is 0 Å². The molecule has 0 saturated carbocycles. The predicted molar refractivity (Wildman–Crippen MR) is 323 cm³/mol. The van der Waals surface area contributed by atoms with Gasteiger partial charge in [-0.1, -0.05) is 217 Å². The van der Waals surface area contributed by atoms with Gasteiger partial charge in [0.25, 0.3) is 0 Å². The molecule has 0 bridgehead atoms. The van der Waals surface area contributed by atoms with Gasteiger partial charge in [-0.3, -0.25) is 4.79 Å². The van der Waals surface area contributed by atoms with Crippen LogP contribution < -0.4 is 5.32 Å². The summed E-state index contributed by atoms with van der Waals surface area (Å²) in [5, 5.41) is 121. The van der Waals surface area contributed by atoms with Gasteiger partial charge in [0.15, 0.2) is 18.9 Å². The second kappa shape index (κ2) is 47.7. The maximum Gasteiger partial charge on any atom is 0.220 e. The number of hydrogen-bond donors (Lipinski definition) is 12. The van der Waals surface area contributed by atoms with Gasteiger partial charge in [0.05, 0.1) is 38.6 Å². The Bertz CT molecular complexity index is 1720. The minimum absolute atomic E-state index is 0.251. The van der Waals surface area contributed by atoms with Crippen molar-refractivity contribution < 1.29 is 89.4 Å². The van der Waals surface area contributed by atoms with E-state index < -0.39 is 124 Å². The zero-order chi connectivity index (χ0) is 61.2. The monoisotopic (exact) mass is 1200 g/mol. The molecule has 0 aliphatic carbocycles. The Kier molecular flexibility index (Phi) is 43.2. The number of ether oxygens (including phenoxy) is 6. The van der Waals surface area contributed by atoms with Crippen LogP contribution in [0.2, 0.25) is 0 Å². The van der Waals surface area contributed by atoms with Crippen LogP contribution in [0.5, 0.6) is 0 Å². The van der Waals surface area contributed by atoms with E-state index in [0.29, 0.717) is 12.8 Å². The Morgan fingerprint density at radius 3 is 1.29 bits per heavy atom. The lowest BCUT2D eigenvalue weighted by molar-refractivity contribution is -0.379. The molecule has 0 aromatic carbocycles. The van der Waals surface area contributed by atoms with Gasteiger partial charge in [-0.05, 0) is 51.4 Å². The standard InChI is InChI=1S/C65H117NO18/c1-3-5-7-9-11-13-15-17-19-21-23-24-25-27-29-31-33-35-37-39-41-43-53(71)66-48(49(70)42-40-38-36-34-32-30-28-26-22-20-18-16-14-12-10-8-6-4-2)47-79-63-59(77)56(74)61(51(45-68)81-63)84-65-60(78)57(75)62(52(46-69)82-65)83-64-58(76)55(73)54(72)50(44-67)80-64/h5,7,11,13,17,19,23-24,48-52,54-65,67-70,72-78H,3-4,6,8-10,12,14-16,18,20-22,25-47H2,1-2H3,(H,66,71)/b7-5-,13-11-,19-17-,24-23-. The van der Waals surface area contributed by atoms with Crippen LogP contribution in [0.15, 0.2) is 48.6 Å². The largest absolute Gasteiger partial charge is 0.394 e. The molecule has 3 heterocycles. The van der Waals surface area contributed by atoms with E-state index in [9.17, 15) is 61.0 Å². The Morgan fingerprint density at radius 1 is 0.440 bits per heavy atom. The average molecular weight is 1200 g/mol. The maximum absolute atomic E-state index is 13.4. The molecule has 0 aromatic rings. The number of allylic oxidation sites excluding steroid dienone is 8. The van der Waals surface area contributed by atoms with Gasteiger partial charge >= 0.3 is 0 Å². The number of amides is 1. The second-order valence-electron chi connectivity index (χ2n) is 23.6. The van der Waals surface area contributed by atoms with Gasteiger partial charge in [-0.15, -0.1) is 0 Å². The first-order chi connectivity index (χ1) is 40.8. The first-order valence-electron chi connectivity index (χ1n) is 32.9. The molecule has 17 unspecified atom stereocenters. The van der Waals surface area contributed by atoms with Crippen LogP contribution in [-0.2, 0) is 33.2 Å². The number of carbonyl (C=O) groups is 1. The highest BCUT2D eigenvalue weighted by molar-refractivity contribution is 5.76. The van der Waals surface area contributed by atoms with Crippen molar-refractivity contribution in [2.24, 2.45) is 0 Å². The number of aliphatic hydroxyl groups excluding tert-OH is 11. The summed E-state index contributed by atoms with van der Waals surface area (Å²) in [4.78, 5) is 13.4. The van der Waals surface area contributed by atoms with Crippen LogP contribution in [-0.4, -0.2) is 193 Å². The van der Waals surface area contributed by atoms with Gasteiger partial charge in [-0.2, -0.15) is 0 Å². The third kappa shape index (κ3) is 30.3. The molecule has 3 rings (SSSR count). The van der Waals surface area contributed by atoms with Crippen molar-refractivity contribution in [1.82, 2.24) is 5.32 Å². The molecule has 3 aliphatic heterocycles. The number of hydrogen-bond acceptors (Lipinski definition) is 18. The third-order valence-electron chi connectivity index (χ3n) is 16.4. The van der Waals surface area contributed by atoms with Gasteiger partial charge in [0, 0.05) is 6.42 Å². The summed E-state index contributed by atoms with van der Waals surface area (Å²) < 4.78 is 34.4. The SMILES string of the molecule is CC/C=C\C/C=C\C/C=C\C/C=C\CCCCCCCCCCC(=O)NC(COC1OC(CO)C(OC2OC(CO)C(OC3OC(CO)C(O)C(O)C3O)C(O)C2O)C(O)C1O)C(O)CCCCCCCCCCCCCCCCCCCC. The summed E-state index contributed by atoms with van der Waals surface area (Å²) in [7, 11) is 0. The lowest BCUT2D eigenvalue weighted by Gasteiger charge is -2.48. The lowest BCUT2D eigenvalue weighted by Crippen LogP contribution is -2.66. The number of aliphatic hydroxyl groups is 11. The predicted octanol–water partition coefficient (Wildman–Crippen LogP) is 7.43. The quantitative estimate of drug-likeness (QED) is 0.0208. The van der Waals surface area contributed by atoms with Crippen molar-refractivity contribution in [3.63, 3.8) is 0 Å². The molecule has 1 amide bonds. The van der Waals surface area contributed by atoms with Crippen molar-refractivity contribution in [3.05, 3.63) is 48.6 Å². The van der Waals surface area contributed by atoms with Gasteiger partial charge in [-0.25, -0.2) is 0 Å². The third-order valence-corrected chi connectivity index (χ3v) is 16.4. The van der Waals surface area contributed by atoms with Crippen molar-refractivity contribution in [2.75, 3.05) is 26.4 Å². The smallest absolute Gasteiger partial charge is 0.220 e. The first kappa shape index (κ1) is 76.0. The highest BCUT2D eigenvalue weighted by Crippen LogP contribution is 2.33. The van der Waals surface area contributed by atoms with Crippen LogP contribution in [0.25, 0.3) is 0 Å². The zero-order valence-electron chi connectivity index (χ0n) is 51.4. The summed E-state index contributed by atoms with van der Waals surface area (Å²) in [5.74, 6) is -0.251. The lowest BCUT2D eigenvalue weighted by atomic mass is 9.96. The molecule has 19 nitrogen and oxygen atoms in total. The number of nitrogens with one attached hydrogen (secondary N) is 1. The molecule has 3 fully saturated rings. The van der Waals surface area contributed by atoms with Crippen molar-refractivity contribution >= 4 is 5.91 Å². The number of unbranched alkanes of at least 4 members (excludes halogenated alkanes) is 25. The van der Waals surface area contributed by atoms with E-state index in [1.165, 1.54) is 109 Å². The molecule has 0 spiro atoms. The van der Waals surface area contributed by atoms with Gasteiger partial charge in [0.1, 0.15) is 73.2 Å². The summed E-state index contributed by atoms with van der Waals surface area (Å²) in [6.07, 6.45) is 27.5. The molecular formula is C65H117NO18. The fourth-order valence-electron chi connectivity index (χ4n) is 11.1. The normalized spacial score (nSPS) is 29.5. The summed E-state index contributed by atoms with van der Waals surface area (Å²) in [6.45, 7) is 1.68. The highest BCUT2D eigenvalue weighted by atomic mass is 16.8. The summed E-state index contributed by atoms with van der Waals surface area (Å²) >= 11 is 0. The van der Waals surface area contributed by atoms with Crippen LogP contribution in [0, 0.1) is 0 Å². The molecule has 17 atom stereocenters. The summed E-state index contributed by atoms with van der Waals surface area (Å²) in [6, 6.07) is -0.893. The molecule has 0 radical (unpaired) electrons. The van der Waals surface area contributed by atoms with E-state index in [2.05, 4.69) is 67.8 Å². The molecule has 19 heteroatoms. The fraction of sp³-hybridized carbons (Fsp3) is 0.862. The average Bonchev–Trinajstić information content (AvgIpc) is 2.76. The number of carbonyl (C=O) groups excluding carboxylic acids is 1. The van der Waals surface area contributed by atoms with Crippen LogP contribution in [0.4, 0.5) is 0 Å². The van der Waals surface area contributed by atoms with E-state index in [-0.39, 0.29) is 18.9 Å². The van der Waals surface area contributed by atoms with Crippen LogP contribution >= 0.6 is 0 Å². The molecule has 3 aliphatic rings. The molecule has 3 saturated heterocycles. The molecule has 490 valence electrons. The highest BCUT2D eigenvalue weighted by Gasteiger charge is 2.53. The zero-order valence-corrected chi connectivity index (χ0v) is 51.4. The fourth-order valence-corrected chi connectivity index (χ4v) is 11.1. The van der Waals surface area contributed by atoms with E-state index in [0.717, 1.165) is 83.5 Å². The molecule has 84 heavy (non-hydrogen) atoms. The van der Waals surface area contributed by atoms with E-state index in [1.54, 1.807) is 0 Å². The Balaban J connectivity index is 1.46. The van der Waals surface area contributed by atoms with Gasteiger partial charge < -0.3 is 89.9 Å². The van der Waals surface area contributed by atoms with Crippen molar-refractivity contribution in [1.29, 1.82) is 0 Å². The number of rotatable bonds is 49. The molecule has 12 N–H and O–H groups in total. The van der Waals surface area contributed by atoms with Crippen LogP contribution in [0.1, 0.15) is 226 Å². The molecule has 0 aromatic heterocycles. The second-order valence-corrected chi connectivity index (χ2v) is 23.6. The Labute approximate surface area is 503 Å². The van der Waals surface area contributed by atoms with E-state index in [4.69, 9.17) is 28.4 Å². The van der Waals surface area contributed by atoms with E-state index in [1.807, 2.05) is 0 Å². The first-order valence-corrected chi connectivity index (χ1v) is 32.9. The van der Waals surface area contributed by atoms with Gasteiger partial charge in [0.2, 0.25) is 5.91 Å². The summed E-state index contributed by atoms with van der Waals surface area (Å²) in [5.41, 5.74) is 0. The Morgan fingerprint density at radius 2 is 0.821 bits per heavy atom. The van der Waals surface area contributed by atoms with Crippen molar-refractivity contribution in [3.8, 4) is 0 Å². The molecular weight excluding hydrogens is 1080 g/mol. The topological polar surface area (TPSA) is 307 Å². The van der Waals surface area contributed by atoms with Crippen LogP contribution in [0.3, 0.4) is 0 Å². The Hall–Kier alpha value is -2.25. The minimum atomic E-state index is -1.97. The van der Waals surface area contributed by atoms with Crippen molar-refractivity contribution in [2.45, 2.75) is 330 Å². The maximum atomic E-state index is 13.4. The minimum Gasteiger partial charge on any atom is -0.394 e.